The average Bonchev–Trinajstić information content (AvgIpc) is 2.58. The van der Waals surface area contributed by atoms with Crippen LogP contribution in [-0.4, -0.2) is 21.9 Å². The predicted molar refractivity (Wildman–Crippen MR) is 64.7 cm³/mol. The lowest BCUT2D eigenvalue weighted by atomic mass is 10.2. The van der Waals surface area contributed by atoms with Gasteiger partial charge in [0, 0.05) is 19.3 Å². The van der Waals surface area contributed by atoms with Gasteiger partial charge in [-0.15, -0.1) is 0 Å². The van der Waals surface area contributed by atoms with Gasteiger partial charge in [0.2, 0.25) is 5.78 Å². The first-order valence-corrected chi connectivity index (χ1v) is 5.36. The van der Waals surface area contributed by atoms with Crippen LogP contribution in [0.2, 0.25) is 0 Å². The van der Waals surface area contributed by atoms with E-state index in [0.29, 0.717) is 5.69 Å². The fourth-order valence-corrected chi connectivity index (χ4v) is 1.28. The molecule has 0 spiro atoms. The smallest absolute Gasteiger partial charge is 0.331 e. The third kappa shape index (κ3) is 4.26. The van der Waals surface area contributed by atoms with Crippen LogP contribution < -0.4 is 0 Å². The standard InChI is InChI=1S/C13H17NO3/c1-13(2,3)17-12(16)8-7-11(15)10-6-5-9-14(10)4/h5-9H,1-4H3/b8-7+. The first-order valence-electron chi connectivity index (χ1n) is 5.36. The zero-order valence-electron chi connectivity index (χ0n) is 10.6. The van der Waals surface area contributed by atoms with Crippen LogP contribution >= 0.6 is 0 Å². The summed E-state index contributed by atoms with van der Waals surface area (Å²) in [6.45, 7) is 5.33. The molecule has 1 rings (SSSR count). The largest absolute Gasteiger partial charge is 0.457 e. The molecule has 0 aliphatic rings. The fourth-order valence-electron chi connectivity index (χ4n) is 1.28. The molecule has 0 atom stereocenters. The van der Waals surface area contributed by atoms with E-state index < -0.39 is 11.6 Å². The number of ether oxygens (including phenoxy) is 1. The van der Waals surface area contributed by atoms with Crippen LogP contribution in [0.1, 0.15) is 31.3 Å². The molecule has 0 amide bonds. The average molecular weight is 235 g/mol. The number of carbonyl (C=O) groups is 2. The van der Waals surface area contributed by atoms with Crippen molar-refractivity contribution in [3.63, 3.8) is 0 Å². The van der Waals surface area contributed by atoms with Crippen molar-refractivity contribution in [1.82, 2.24) is 4.57 Å². The molecule has 1 aromatic heterocycles. The summed E-state index contributed by atoms with van der Waals surface area (Å²) in [5.41, 5.74) is -0.0140. The van der Waals surface area contributed by atoms with E-state index in [1.165, 1.54) is 6.08 Å². The summed E-state index contributed by atoms with van der Waals surface area (Å²) in [6.07, 6.45) is 4.15. The molecule has 1 aromatic rings. The lowest BCUT2D eigenvalue weighted by Crippen LogP contribution is -2.22. The lowest BCUT2D eigenvalue weighted by Gasteiger charge is -2.17. The maximum atomic E-state index is 11.7. The van der Waals surface area contributed by atoms with Gasteiger partial charge in [0.05, 0.1) is 5.69 Å². The van der Waals surface area contributed by atoms with E-state index >= 15 is 0 Å². The van der Waals surface area contributed by atoms with Crippen molar-refractivity contribution in [2.45, 2.75) is 26.4 Å². The summed E-state index contributed by atoms with van der Waals surface area (Å²) in [5.74, 6) is -0.733. The van der Waals surface area contributed by atoms with Crippen molar-refractivity contribution < 1.29 is 14.3 Å². The van der Waals surface area contributed by atoms with E-state index in [1.54, 1.807) is 50.7 Å². The van der Waals surface area contributed by atoms with Crippen molar-refractivity contribution in [2.75, 3.05) is 0 Å². The third-order valence-corrected chi connectivity index (χ3v) is 1.97. The molecule has 0 N–H and O–H groups in total. The second-order valence-corrected chi connectivity index (χ2v) is 4.74. The number of nitrogens with zero attached hydrogens (tertiary/aromatic N) is 1. The summed E-state index contributed by atoms with van der Waals surface area (Å²) in [4.78, 5) is 23.0. The van der Waals surface area contributed by atoms with Gasteiger partial charge in [-0.05, 0) is 39.0 Å². The van der Waals surface area contributed by atoms with Crippen molar-refractivity contribution in [3.8, 4) is 0 Å². The highest BCUT2D eigenvalue weighted by Crippen LogP contribution is 2.07. The Hall–Kier alpha value is -1.84. The Bertz CT molecular complexity index is 449. The van der Waals surface area contributed by atoms with Crippen molar-refractivity contribution in [3.05, 3.63) is 36.2 Å². The molecule has 4 nitrogen and oxygen atoms in total. The minimum Gasteiger partial charge on any atom is -0.457 e. The molecule has 17 heavy (non-hydrogen) atoms. The second-order valence-electron chi connectivity index (χ2n) is 4.74. The molecule has 0 aliphatic heterocycles. The number of ketones is 1. The Labute approximate surface area is 101 Å². The van der Waals surface area contributed by atoms with Crippen LogP contribution in [0.25, 0.3) is 0 Å². The van der Waals surface area contributed by atoms with Crippen LogP contribution in [0.4, 0.5) is 0 Å². The van der Waals surface area contributed by atoms with Crippen LogP contribution in [0, 0.1) is 0 Å². The van der Waals surface area contributed by atoms with Crippen LogP contribution in [0.5, 0.6) is 0 Å². The van der Waals surface area contributed by atoms with E-state index in [9.17, 15) is 9.59 Å². The molecule has 0 aromatic carbocycles. The normalized spacial score (nSPS) is 11.8. The number of esters is 1. The maximum Gasteiger partial charge on any atom is 0.331 e. The maximum absolute atomic E-state index is 11.7. The van der Waals surface area contributed by atoms with Crippen LogP contribution in [0.15, 0.2) is 30.5 Å². The zero-order chi connectivity index (χ0) is 13.1. The Morgan fingerprint density at radius 1 is 1.29 bits per heavy atom. The van der Waals surface area contributed by atoms with E-state index in [-0.39, 0.29) is 5.78 Å². The second kappa shape index (κ2) is 4.99. The first kappa shape index (κ1) is 13.2. The molecule has 0 radical (unpaired) electrons. The molecule has 4 heteroatoms. The molecular weight excluding hydrogens is 218 g/mol. The third-order valence-electron chi connectivity index (χ3n) is 1.97. The summed E-state index contributed by atoms with van der Waals surface area (Å²) < 4.78 is 6.75. The highest BCUT2D eigenvalue weighted by Gasteiger charge is 2.14. The highest BCUT2D eigenvalue weighted by atomic mass is 16.6. The molecule has 0 saturated carbocycles. The molecule has 1 heterocycles. The monoisotopic (exact) mass is 235 g/mol. The number of hydrogen-bond donors (Lipinski definition) is 0. The number of carbonyl (C=O) groups excluding carboxylic acids is 2. The molecule has 0 saturated heterocycles. The van der Waals surface area contributed by atoms with Gasteiger partial charge >= 0.3 is 5.97 Å². The van der Waals surface area contributed by atoms with Gasteiger partial charge in [-0.2, -0.15) is 0 Å². The number of allylic oxidation sites excluding steroid dienone is 1. The van der Waals surface area contributed by atoms with Crippen molar-refractivity contribution in [1.29, 1.82) is 0 Å². The van der Waals surface area contributed by atoms with Crippen LogP contribution in [-0.2, 0) is 16.6 Å². The van der Waals surface area contributed by atoms with Gasteiger partial charge < -0.3 is 9.30 Å². The molecule has 92 valence electrons. The topological polar surface area (TPSA) is 48.3 Å². The Kier molecular flexibility index (Phi) is 3.89. The van der Waals surface area contributed by atoms with Gasteiger partial charge in [0.15, 0.2) is 0 Å². The Morgan fingerprint density at radius 2 is 1.94 bits per heavy atom. The van der Waals surface area contributed by atoms with Gasteiger partial charge in [0.1, 0.15) is 5.60 Å². The molecular formula is C13H17NO3. The minimum absolute atomic E-state index is 0.219. The molecule has 0 fully saturated rings. The Balaban J connectivity index is 2.64. The molecule has 0 unspecified atom stereocenters. The van der Waals surface area contributed by atoms with Crippen molar-refractivity contribution in [2.24, 2.45) is 7.05 Å². The lowest BCUT2D eigenvalue weighted by molar-refractivity contribution is -0.148. The van der Waals surface area contributed by atoms with Gasteiger partial charge in [-0.1, -0.05) is 0 Å². The highest BCUT2D eigenvalue weighted by molar-refractivity contribution is 6.06. The number of aromatic nitrogens is 1. The SMILES string of the molecule is Cn1cccc1C(=O)/C=C/C(=O)OC(C)(C)C. The van der Waals surface area contributed by atoms with E-state index in [4.69, 9.17) is 4.74 Å². The quantitative estimate of drug-likeness (QED) is 0.458. The van der Waals surface area contributed by atoms with E-state index in [1.807, 2.05) is 0 Å². The summed E-state index contributed by atoms with van der Waals surface area (Å²) >= 11 is 0. The number of rotatable bonds is 3. The van der Waals surface area contributed by atoms with E-state index in [0.717, 1.165) is 6.08 Å². The van der Waals surface area contributed by atoms with E-state index in [2.05, 4.69) is 0 Å². The molecule has 0 bridgehead atoms. The van der Waals surface area contributed by atoms with Crippen molar-refractivity contribution >= 4 is 11.8 Å². The first-order chi connectivity index (χ1) is 7.79. The summed E-state index contributed by atoms with van der Waals surface area (Å²) in [6, 6.07) is 3.47. The number of aryl methyl sites for hydroxylation is 1. The minimum atomic E-state index is -0.546. The Morgan fingerprint density at radius 3 is 2.41 bits per heavy atom. The molecule has 0 aliphatic carbocycles. The summed E-state index contributed by atoms with van der Waals surface area (Å²) in [7, 11) is 1.77. The van der Waals surface area contributed by atoms with Gasteiger partial charge in [-0.3, -0.25) is 4.79 Å². The van der Waals surface area contributed by atoms with Gasteiger partial charge in [-0.25, -0.2) is 4.79 Å². The predicted octanol–water partition coefficient (Wildman–Crippen LogP) is 2.11. The van der Waals surface area contributed by atoms with Gasteiger partial charge in [0.25, 0.3) is 0 Å². The van der Waals surface area contributed by atoms with Crippen LogP contribution in [0.3, 0.4) is 0 Å². The number of hydrogen-bond acceptors (Lipinski definition) is 3. The fraction of sp³-hybridized carbons (Fsp3) is 0.385. The zero-order valence-corrected chi connectivity index (χ0v) is 10.6. The summed E-state index contributed by atoms with van der Waals surface area (Å²) in [5, 5.41) is 0.